The first-order chi connectivity index (χ1) is 9.29. The van der Waals surface area contributed by atoms with Crippen LogP contribution in [0.5, 0.6) is 0 Å². The Labute approximate surface area is 121 Å². The van der Waals surface area contributed by atoms with Crippen LogP contribution in [-0.4, -0.2) is 12.6 Å². The zero-order valence-corrected chi connectivity index (χ0v) is 12.6. The first-order valence-electron chi connectivity index (χ1n) is 7.71. The topological polar surface area (TPSA) is 3.24 Å². The van der Waals surface area contributed by atoms with Crippen LogP contribution in [0.3, 0.4) is 0 Å². The molecule has 0 aromatic heterocycles. The van der Waals surface area contributed by atoms with Crippen molar-refractivity contribution in [3.63, 3.8) is 0 Å². The summed E-state index contributed by atoms with van der Waals surface area (Å²) in [5.41, 5.74) is 4.08. The van der Waals surface area contributed by atoms with Crippen molar-refractivity contribution in [3.05, 3.63) is 29.3 Å². The minimum atomic E-state index is 0.618. The van der Waals surface area contributed by atoms with E-state index in [1.165, 1.54) is 61.9 Å². The van der Waals surface area contributed by atoms with Gasteiger partial charge in [-0.3, -0.25) is 0 Å². The van der Waals surface area contributed by atoms with Gasteiger partial charge >= 0.3 is 0 Å². The first kappa shape index (κ1) is 13.3. The van der Waals surface area contributed by atoms with Gasteiger partial charge in [0.05, 0.1) is 0 Å². The number of rotatable bonds is 2. The van der Waals surface area contributed by atoms with E-state index in [2.05, 4.69) is 30.0 Å². The number of hydrogen-bond donors (Lipinski definition) is 0. The summed E-state index contributed by atoms with van der Waals surface area (Å²) >= 11 is 5.93. The SMILES string of the molecule is Cc1cc(CCl)ccc1N1CCCC2CCCCC21. The summed E-state index contributed by atoms with van der Waals surface area (Å²) in [6.45, 7) is 3.47. The van der Waals surface area contributed by atoms with Gasteiger partial charge in [-0.25, -0.2) is 0 Å². The molecule has 1 nitrogen and oxygen atoms in total. The van der Waals surface area contributed by atoms with Crippen molar-refractivity contribution in [2.45, 2.75) is 57.4 Å². The molecule has 2 atom stereocenters. The van der Waals surface area contributed by atoms with Gasteiger partial charge < -0.3 is 4.90 Å². The molecule has 0 N–H and O–H groups in total. The van der Waals surface area contributed by atoms with Crippen molar-refractivity contribution in [1.29, 1.82) is 0 Å². The maximum atomic E-state index is 5.93. The molecule has 1 aromatic carbocycles. The Morgan fingerprint density at radius 1 is 1.16 bits per heavy atom. The van der Waals surface area contributed by atoms with Crippen LogP contribution in [0.2, 0.25) is 0 Å². The van der Waals surface area contributed by atoms with Crippen molar-refractivity contribution in [1.82, 2.24) is 0 Å². The lowest BCUT2D eigenvalue weighted by molar-refractivity contribution is 0.243. The summed E-state index contributed by atoms with van der Waals surface area (Å²) < 4.78 is 0. The van der Waals surface area contributed by atoms with E-state index in [0.29, 0.717) is 5.88 Å². The second-order valence-corrected chi connectivity index (χ2v) is 6.47. The van der Waals surface area contributed by atoms with E-state index >= 15 is 0 Å². The average Bonchev–Trinajstić information content (AvgIpc) is 2.46. The number of fused-ring (bicyclic) bond motifs is 1. The van der Waals surface area contributed by atoms with Crippen LogP contribution in [0.4, 0.5) is 5.69 Å². The van der Waals surface area contributed by atoms with Crippen LogP contribution >= 0.6 is 11.6 Å². The highest BCUT2D eigenvalue weighted by Gasteiger charge is 2.33. The zero-order chi connectivity index (χ0) is 13.2. The van der Waals surface area contributed by atoms with E-state index in [9.17, 15) is 0 Å². The Balaban J connectivity index is 1.87. The number of alkyl halides is 1. The van der Waals surface area contributed by atoms with E-state index in [1.54, 1.807) is 0 Å². The maximum Gasteiger partial charge on any atom is 0.0474 e. The molecule has 2 aliphatic rings. The van der Waals surface area contributed by atoms with Crippen molar-refractivity contribution in [3.8, 4) is 0 Å². The normalized spacial score (nSPS) is 27.2. The first-order valence-corrected chi connectivity index (χ1v) is 8.25. The Morgan fingerprint density at radius 3 is 2.74 bits per heavy atom. The van der Waals surface area contributed by atoms with Crippen molar-refractivity contribution in [2.24, 2.45) is 5.92 Å². The number of anilines is 1. The lowest BCUT2D eigenvalue weighted by atomic mass is 9.78. The molecule has 0 radical (unpaired) electrons. The summed E-state index contributed by atoms with van der Waals surface area (Å²) in [6, 6.07) is 7.55. The monoisotopic (exact) mass is 277 g/mol. The number of nitrogens with zero attached hydrogens (tertiary/aromatic N) is 1. The highest BCUT2D eigenvalue weighted by atomic mass is 35.5. The average molecular weight is 278 g/mol. The van der Waals surface area contributed by atoms with E-state index in [1.807, 2.05) is 0 Å². The molecule has 2 fully saturated rings. The third-order valence-corrected chi connectivity index (χ3v) is 5.28. The fraction of sp³-hybridized carbons (Fsp3) is 0.647. The van der Waals surface area contributed by atoms with Gasteiger partial charge in [-0.05, 0) is 55.7 Å². The van der Waals surface area contributed by atoms with E-state index < -0.39 is 0 Å². The molecule has 2 unspecified atom stereocenters. The molecular weight excluding hydrogens is 254 g/mol. The molecule has 1 aliphatic carbocycles. The molecule has 104 valence electrons. The second kappa shape index (κ2) is 5.75. The van der Waals surface area contributed by atoms with Crippen LogP contribution in [0.15, 0.2) is 18.2 Å². The maximum absolute atomic E-state index is 5.93. The largest absolute Gasteiger partial charge is 0.368 e. The van der Waals surface area contributed by atoms with Gasteiger partial charge in [-0.1, -0.05) is 25.0 Å². The molecule has 3 rings (SSSR count). The summed E-state index contributed by atoms with van der Waals surface area (Å²) in [5, 5.41) is 0. The Morgan fingerprint density at radius 2 is 1.95 bits per heavy atom. The summed E-state index contributed by atoms with van der Waals surface area (Å²) in [7, 11) is 0. The van der Waals surface area contributed by atoms with Crippen molar-refractivity contribution in [2.75, 3.05) is 11.4 Å². The highest BCUT2D eigenvalue weighted by molar-refractivity contribution is 6.17. The Hall–Kier alpha value is -0.690. The van der Waals surface area contributed by atoms with E-state index in [4.69, 9.17) is 11.6 Å². The predicted molar refractivity (Wildman–Crippen MR) is 83.1 cm³/mol. The molecule has 19 heavy (non-hydrogen) atoms. The van der Waals surface area contributed by atoms with Crippen LogP contribution in [-0.2, 0) is 5.88 Å². The van der Waals surface area contributed by atoms with Crippen LogP contribution in [0, 0.1) is 12.8 Å². The number of piperidine rings is 1. The number of benzene rings is 1. The fourth-order valence-electron chi connectivity index (χ4n) is 4.05. The van der Waals surface area contributed by atoms with Crippen molar-refractivity contribution >= 4 is 17.3 Å². The quantitative estimate of drug-likeness (QED) is 0.696. The third kappa shape index (κ3) is 2.63. The van der Waals surface area contributed by atoms with Gasteiger partial charge in [0.25, 0.3) is 0 Å². The van der Waals surface area contributed by atoms with Gasteiger partial charge in [-0.15, -0.1) is 11.6 Å². The predicted octanol–water partition coefficient (Wildman–Crippen LogP) is 4.89. The van der Waals surface area contributed by atoms with Gasteiger partial charge in [0.2, 0.25) is 0 Å². The molecule has 0 amide bonds. The van der Waals surface area contributed by atoms with Gasteiger partial charge in [0, 0.05) is 24.2 Å². The highest BCUT2D eigenvalue weighted by Crippen LogP contribution is 2.38. The number of halogens is 1. The van der Waals surface area contributed by atoms with Crippen LogP contribution < -0.4 is 4.90 Å². The lowest BCUT2D eigenvalue weighted by Gasteiger charge is -2.46. The minimum absolute atomic E-state index is 0.618. The zero-order valence-electron chi connectivity index (χ0n) is 11.9. The molecule has 1 aliphatic heterocycles. The fourth-order valence-corrected chi connectivity index (χ4v) is 4.21. The summed E-state index contributed by atoms with van der Waals surface area (Å²) in [6.07, 6.45) is 8.49. The van der Waals surface area contributed by atoms with Gasteiger partial charge in [-0.2, -0.15) is 0 Å². The van der Waals surface area contributed by atoms with E-state index in [-0.39, 0.29) is 0 Å². The molecule has 1 aromatic rings. The van der Waals surface area contributed by atoms with E-state index in [0.717, 1.165) is 12.0 Å². The molecule has 0 spiro atoms. The van der Waals surface area contributed by atoms with Crippen LogP contribution in [0.1, 0.15) is 49.7 Å². The molecule has 2 heteroatoms. The Kier molecular flexibility index (Phi) is 4.02. The Bertz CT molecular complexity index is 441. The third-order valence-electron chi connectivity index (χ3n) is 4.97. The molecule has 0 bridgehead atoms. The summed E-state index contributed by atoms with van der Waals surface area (Å²) in [4.78, 5) is 2.70. The minimum Gasteiger partial charge on any atom is -0.368 e. The molecule has 1 heterocycles. The van der Waals surface area contributed by atoms with Gasteiger partial charge in [0.1, 0.15) is 0 Å². The van der Waals surface area contributed by atoms with Crippen LogP contribution in [0.25, 0.3) is 0 Å². The smallest absolute Gasteiger partial charge is 0.0474 e. The molecular formula is C17H24ClN. The lowest BCUT2D eigenvalue weighted by Crippen LogP contribution is -2.47. The standard InChI is InChI=1S/C17H24ClN/c1-13-11-14(12-18)8-9-16(13)19-10-4-6-15-5-2-3-7-17(15)19/h8-9,11,15,17H,2-7,10,12H2,1H3. The molecule has 1 saturated carbocycles. The molecule has 1 saturated heterocycles. The number of aryl methyl sites for hydroxylation is 1. The van der Waals surface area contributed by atoms with Gasteiger partial charge in [0.15, 0.2) is 0 Å². The number of hydrogen-bond acceptors (Lipinski definition) is 1. The van der Waals surface area contributed by atoms with Crippen molar-refractivity contribution < 1.29 is 0 Å². The summed E-state index contributed by atoms with van der Waals surface area (Å²) in [5.74, 6) is 1.56. The second-order valence-electron chi connectivity index (χ2n) is 6.20.